The molecule has 0 radical (unpaired) electrons. The third-order valence-corrected chi connectivity index (χ3v) is 4.51. The minimum atomic E-state index is -0.0723. The first-order valence-electron chi connectivity index (χ1n) is 9.81. The quantitative estimate of drug-likeness (QED) is 0.297. The summed E-state index contributed by atoms with van der Waals surface area (Å²) in [5, 5.41) is 10.9. The molecule has 3 aromatic rings. The molecule has 0 saturated heterocycles. The number of hydrogen-bond acceptors (Lipinski definition) is 4. The van der Waals surface area contributed by atoms with E-state index >= 15 is 0 Å². The normalized spacial score (nSPS) is 15.2. The van der Waals surface area contributed by atoms with E-state index in [2.05, 4.69) is 27.9 Å². The van der Waals surface area contributed by atoms with Crippen LogP contribution in [0, 0.1) is 0 Å². The molecule has 0 amide bonds. The number of guanidine groups is 1. The van der Waals surface area contributed by atoms with Crippen molar-refractivity contribution in [3.8, 4) is 17.2 Å². The number of para-hydroxylation sites is 2. The highest BCUT2D eigenvalue weighted by atomic mass is 127. The fourth-order valence-electron chi connectivity index (χ4n) is 3.11. The summed E-state index contributed by atoms with van der Waals surface area (Å²) in [6, 6.07) is 17.8. The van der Waals surface area contributed by atoms with E-state index in [0.717, 1.165) is 35.3 Å². The van der Waals surface area contributed by atoms with Gasteiger partial charge in [0.15, 0.2) is 17.5 Å². The van der Waals surface area contributed by atoms with Crippen LogP contribution in [0.2, 0.25) is 0 Å². The zero-order valence-corrected chi connectivity index (χ0v) is 19.2. The second-order valence-electron chi connectivity index (χ2n) is 6.69. The Bertz CT molecular complexity index is 962. The van der Waals surface area contributed by atoms with Crippen LogP contribution in [0.15, 0.2) is 72.0 Å². The monoisotopic (exact) mass is 519 g/mol. The number of aromatic nitrogens is 2. The predicted molar refractivity (Wildman–Crippen MR) is 128 cm³/mol. The number of nitrogens with one attached hydrogen (secondary N) is 2. The van der Waals surface area contributed by atoms with Crippen LogP contribution >= 0.6 is 24.0 Å². The molecule has 0 aliphatic carbocycles. The summed E-state index contributed by atoms with van der Waals surface area (Å²) in [4.78, 5) is 4.70. The van der Waals surface area contributed by atoms with E-state index in [1.807, 2.05) is 60.3 Å². The fourth-order valence-corrected chi connectivity index (χ4v) is 3.11. The SMILES string of the molecule is CCNC(=NCc1cccc(-n2cccn2)c1)NCC1COc2ccccc2O1.I. The maximum atomic E-state index is 6.00. The van der Waals surface area contributed by atoms with Crippen molar-refractivity contribution in [1.82, 2.24) is 20.4 Å². The number of aliphatic imine (C=N–C) groups is 1. The molecule has 8 heteroatoms. The van der Waals surface area contributed by atoms with Gasteiger partial charge >= 0.3 is 0 Å². The Balaban J connectivity index is 0.00000256. The molecule has 7 nitrogen and oxygen atoms in total. The Labute approximate surface area is 193 Å². The maximum Gasteiger partial charge on any atom is 0.191 e. The molecule has 2 N–H and O–H groups in total. The number of hydrogen-bond donors (Lipinski definition) is 2. The molecule has 0 fully saturated rings. The average Bonchev–Trinajstić information content (AvgIpc) is 3.31. The van der Waals surface area contributed by atoms with Crippen molar-refractivity contribution in [2.75, 3.05) is 19.7 Å². The zero-order valence-electron chi connectivity index (χ0n) is 16.8. The van der Waals surface area contributed by atoms with Crippen molar-refractivity contribution >= 4 is 29.9 Å². The number of benzene rings is 2. The van der Waals surface area contributed by atoms with E-state index in [0.29, 0.717) is 19.7 Å². The van der Waals surface area contributed by atoms with Crippen LogP contribution in [0.5, 0.6) is 11.5 Å². The highest BCUT2D eigenvalue weighted by molar-refractivity contribution is 14.0. The molecule has 1 atom stereocenters. The van der Waals surface area contributed by atoms with Crippen molar-refractivity contribution in [1.29, 1.82) is 0 Å². The molecule has 2 aromatic carbocycles. The van der Waals surface area contributed by atoms with Crippen LogP contribution in [0.4, 0.5) is 0 Å². The first-order valence-corrected chi connectivity index (χ1v) is 9.81. The summed E-state index contributed by atoms with van der Waals surface area (Å²) in [7, 11) is 0. The molecule has 4 rings (SSSR count). The fraction of sp³-hybridized carbons (Fsp3) is 0.273. The zero-order chi connectivity index (χ0) is 19.9. The predicted octanol–water partition coefficient (Wildman–Crippen LogP) is 3.39. The van der Waals surface area contributed by atoms with E-state index in [4.69, 9.17) is 14.5 Å². The average molecular weight is 519 g/mol. The molecule has 0 bridgehead atoms. The van der Waals surface area contributed by atoms with Gasteiger partial charge in [0, 0.05) is 18.9 Å². The molecule has 1 aliphatic rings. The van der Waals surface area contributed by atoms with Gasteiger partial charge in [-0.15, -0.1) is 24.0 Å². The molecule has 0 saturated carbocycles. The van der Waals surface area contributed by atoms with Gasteiger partial charge in [0.25, 0.3) is 0 Å². The third-order valence-electron chi connectivity index (χ3n) is 4.51. The Morgan fingerprint density at radius 1 is 1.13 bits per heavy atom. The van der Waals surface area contributed by atoms with Crippen molar-refractivity contribution in [3.05, 3.63) is 72.6 Å². The van der Waals surface area contributed by atoms with Crippen LogP contribution in [0.1, 0.15) is 12.5 Å². The number of rotatable bonds is 6. The summed E-state index contributed by atoms with van der Waals surface area (Å²) in [6.45, 7) is 4.51. The second-order valence-corrected chi connectivity index (χ2v) is 6.69. The van der Waals surface area contributed by atoms with Crippen molar-refractivity contribution in [2.24, 2.45) is 4.99 Å². The maximum absolute atomic E-state index is 6.00. The van der Waals surface area contributed by atoms with E-state index in [1.54, 1.807) is 6.20 Å². The molecule has 1 unspecified atom stereocenters. The molecule has 30 heavy (non-hydrogen) atoms. The minimum Gasteiger partial charge on any atom is -0.486 e. The topological polar surface area (TPSA) is 72.7 Å². The van der Waals surface area contributed by atoms with Gasteiger partial charge in [-0.2, -0.15) is 5.10 Å². The molecule has 2 heterocycles. The molecule has 1 aromatic heterocycles. The van der Waals surface area contributed by atoms with Gasteiger partial charge in [-0.25, -0.2) is 9.67 Å². The van der Waals surface area contributed by atoms with Crippen LogP contribution in [0.25, 0.3) is 5.69 Å². The number of nitrogens with zero attached hydrogens (tertiary/aromatic N) is 3. The molecule has 158 valence electrons. The Morgan fingerprint density at radius 3 is 2.80 bits per heavy atom. The van der Waals surface area contributed by atoms with Gasteiger partial charge in [-0.1, -0.05) is 24.3 Å². The third kappa shape index (κ3) is 5.65. The first-order chi connectivity index (χ1) is 14.3. The van der Waals surface area contributed by atoms with Crippen LogP contribution in [-0.4, -0.2) is 41.5 Å². The molecule has 0 spiro atoms. The Hall–Kier alpha value is -2.75. The summed E-state index contributed by atoms with van der Waals surface area (Å²) in [5.41, 5.74) is 2.13. The summed E-state index contributed by atoms with van der Waals surface area (Å²) in [5.74, 6) is 2.32. The standard InChI is InChI=1S/C22H25N5O2.HI/c1-2-23-22(25-15-19-16-28-20-9-3-4-10-21(20)29-19)24-14-17-7-5-8-18(13-17)27-12-6-11-26-27;/h3-13,19H,2,14-16H2,1H3,(H2,23,24,25);1H. The van der Waals surface area contributed by atoms with Gasteiger partial charge in [0.05, 0.1) is 18.8 Å². The highest BCUT2D eigenvalue weighted by Gasteiger charge is 2.20. The minimum absolute atomic E-state index is 0. The highest BCUT2D eigenvalue weighted by Crippen LogP contribution is 2.30. The van der Waals surface area contributed by atoms with Gasteiger partial charge in [-0.3, -0.25) is 0 Å². The lowest BCUT2D eigenvalue weighted by Crippen LogP contribution is -2.45. The smallest absolute Gasteiger partial charge is 0.191 e. The van der Waals surface area contributed by atoms with Gasteiger partial charge in [0.1, 0.15) is 12.7 Å². The number of fused-ring (bicyclic) bond motifs is 1. The van der Waals surface area contributed by atoms with Gasteiger partial charge in [-0.05, 0) is 42.8 Å². The molecule has 1 aliphatic heterocycles. The Morgan fingerprint density at radius 2 is 2.00 bits per heavy atom. The van der Waals surface area contributed by atoms with Crippen molar-refractivity contribution in [2.45, 2.75) is 19.6 Å². The van der Waals surface area contributed by atoms with E-state index in [1.165, 1.54) is 0 Å². The summed E-state index contributed by atoms with van der Waals surface area (Å²) >= 11 is 0. The Kier molecular flexibility index (Phi) is 7.95. The van der Waals surface area contributed by atoms with Crippen LogP contribution < -0.4 is 20.1 Å². The molecular formula is C22H26IN5O2. The van der Waals surface area contributed by atoms with Crippen molar-refractivity contribution in [3.63, 3.8) is 0 Å². The lowest BCUT2D eigenvalue weighted by atomic mass is 10.2. The van der Waals surface area contributed by atoms with Crippen LogP contribution in [0.3, 0.4) is 0 Å². The van der Waals surface area contributed by atoms with Gasteiger partial charge < -0.3 is 20.1 Å². The number of halogens is 1. The lowest BCUT2D eigenvalue weighted by molar-refractivity contribution is 0.0936. The number of ether oxygens (including phenoxy) is 2. The van der Waals surface area contributed by atoms with E-state index in [9.17, 15) is 0 Å². The van der Waals surface area contributed by atoms with Gasteiger partial charge in [0.2, 0.25) is 0 Å². The largest absolute Gasteiger partial charge is 0.486 e. The van der Waals surface area contributed by atoms with Crippen molar-refractivity contribution < 1.29 is 9.47 Å². The van der Waals surface area contributed by atoms with E-state index in [-0.39, 0.29) is 30.1 Å². The molecular weight excluding hydrogens is 493 g/mol. The summed E-state index contributed by atoms with van der Waals surface area (Å²) < 4.78 is 13.6. The lowest BCUT2D eigenvalue weighted by Gasteiger charge is -2.27. The second kappa shape index (κ2) is 10.9. The van der Waals surface area contributed by atoms with E-state index < -0.39 is 0 Å². The van der Waals surface area contributed by atoms with Crippen LogP contribution in [-0.2, 0) is 6.54 Å². The summed E-state index contributed by atoms with van der Waals surface area (Å²) in [6.07, 6.45) is 3.63. The first kappa shape index (κ1) is 21.9.